The van der Waals surface area contributed by atoms with Gasteiger partial charge in [0.2, 0.25) is 0 Å². The number of nitrogens with zero attached hydrogens (tertiary/aromatic N) is 3. The summed E-state index contributed by atoms with van der Waals surface area (Å²) in [5, 5.41) is 3.79. The molecule has 1 amide bonds. The average molecular weight is 486 g/mol. The van der Waals surface area contributed by atoms with Crippen LogP contribution in [0.2, 0.25) is 5.02 Å². The Bertz CT molecular complexity index is 1090. The van der Waals surface area contributed by atoms with Crippen LogP contribution in [0, 0.1) is 0 Å². The first kappa shape index (κ1) is 23.5. The lowest BCUT2D eigenvalue weighted by atomic mass is 10.1. The van der Waals surface area contributed by atoms with Gasteiger partial charge >= 0.3 is 0 Å². The van der Waals surface area contributed by atoms with Crippen molar-refractivity contribution in [2.24, 2.45) is 0 Å². The van der Waals surface area contributed by atoms with E-state index < -0.39 is 5.60 Å². The van der Waals surface area contributed by atoms with Gasteiger partial charge in [0, 0.05) is 42.1 Å². The maximum Gasteiger partial charge on any atom is 0.266 e. The second-order valence-corrected chi connectivity index (χ2v) is 9.87. The number of hydrogen-bond acceptors (Lipinski definition) is 6. The summed E-state index contributed by atoms with van der Waals surface area (Å²) in [6, 6.07) is 15.0. The van der Waals surface area contributed by atoms with Gasteiger partial charge in [0.25, 0.3) is 5.91 Å². The van der Waals surface area contributed by atoms with E-state index in [0.29, 0.717) is 23.9 Å². The van der Waals surface area contributed by atoms with E-state index in [9.17, 15) is 4.79 Å². The van der Waals surface area contributed by atoms with Gasteiger partial charge in [-0.05, 0) is 50.2 Å². The number of halogens is 1. The molecule has 0 N–H and O–H groups in total. The summed E-state index contributed by atoms with van der Waals surface area (Å²) in [5.41, 5.74) is 1.07. The highest BCUT2D eigenvalue weighted by Crippen LogP contribution is 2.27. The molecule has 33 heavy (non-hydrogen) atoms. The SMILES string of the molecule is COc1cccc(-c2csc(CN3CCN(C(=O)C(C)(C)Oc4ccc(Cl)cc4)CC3)n2)c1. The van der Waals surface area contributed by atoms with Gasteiger partial charge in [0.15, 0.2) is 5.60 Å². The first-order chi connectivity index (χ1) is 15.8. The number of methoxy groups -OCH3 is 1. The van der Waals surface area contributed by atoms with Gasteiger partial charge in [-0.1, -0.05) is 23.7 Å². The molecule has 8 heteroatoms. The van der Waals surface area contributed by atoms with Crippen molar-refractivity contribution in [3.05, 3.63) is 63.9 Å². The second-order valence-electron chi connectivity index (χ2n) is 8.49. The number of aromatic nitrogens is 1. The molecule has 1 saturated heterocycles. The van der Waals surface area contributed by atoms with Crippen LogP contribution >= 0.6 is 22.9 Å². The molecule has 4 rings (SSSR count). The number of amides is 1. The molecule has 1 fully saturated rings. The molecule has 1 aromatic heterocycles. The van der Waals surface area contributed by atoms with Crippen molar-refractivity contribution >= 4 is 28.8 Å². The smallest absolute Gasteiger partial charge is 0.266 e. The molecule has 174 valence electrons. The van der Waals surface area contributed by atoms with Crippen LogP contribution in [-0.4, -0.2) is 59.6 Å². The number of rotatable bonds is 7. The van der Waals surface area contributed by atoms with E-state index >= 15 is 0 Å². The fourth-order valence-electron chi connectivity index (χ4n) is 3.82. The molecule has 0 aliphatic carbocycles. The summed E-state index contributed by atoms with van der Waals surface area (Å²) >= 11 is 7.60. The van der Waals surface area contributed by atoms with Crippen LogP contribution < -0.4 is 9.47 Å². The van der Waals surface area contributed by atoms with Gasteiger partial charge in [0.05, 0.1) is 19.3 Å². The maximum atomic E-state index is 13.1. The summed E-state index contributed by atoms with van der Waals surface area (Å²) in [6.07, 6.45) is 0. The molecular formula is C25H28ClN3O3S. The average Bonchev–Trinajstić information content (AvgIpc) is 3.29. The lowest BCUT2D eigenvalue weighted by molar-refractivity contribution is -0.147. The number of piperazine rings is 1. The van der Waals surface area contributed by atoms with Crippen LogP contribution in [0.5, 0.6) is 11.5 Å². The van der Waals surface area contributed by atoms with Crippen LogP contribution in [0.4, 0.5) is 0 Å². The van der Waals surface area contributed by atoms with Crippen molar-refractivity contribution < 1.29 is 14.3 Å². The van der Waals surface area contributed by atoms with E-state index in [-0.39, 0.29) is 5.91 Å². The molecule has 1 aliphatic heterocycles. The molecular weight excluding hydrogens is 458 g/mol. The quantitative estimate of drug-likeness (QED) is 0.472. The Morgan fingerprint density at radius 2 is 1.82 bits per heavy atom. The number of hydrogen-bond donors (Lipinski definition) is 0. The molecule has 0 saturated carbocycles. The molecule has 1 aliphatic rings. The predicted molar refractivity (Wildman–Crippen MR) is 132 cm³/mol. The first-order valence-electron chi connectivity index (χ1n) is 10.9. The summed E-state index contributed by atoms with van der Waals surface area (Å²) in [5.74, 6) is 1.45. The maximum absolute atomic E-state index is 13.1. The second kappa shape index (κ2) is 10.1. The molecule has 0 bridgehead atoms. The lowest BCUT2D eigenvalue weighted by Crippen LogP contribution is -2.55. The third-order valence-corrected chi connectivity index (χ3v) is 6.72. The highest BCUT2D eigenvalue weighted by atomic mass is 35.5. The highest BCUT2D eigenvalue weighted by molar-refractivity contribution is 7.09. The summed E-state index contributed by atoms with van der Waals surface area (Å²) in [4.78, 5) is 22.1. The van der Waals surface area contributed by atoms with Crippen molar-refractivity contribution in [3.8, 4) is 22.8 Å². The Labute approximate surface area is 203 Å². The standard InChI is InChI=1S/C25H28ClN3O3S/c1-25(2,32-20-9-7-19(26)8-10-20)24(30)29-13-11-28(12-14-29)16-23-27-22(17-33-23)18-5-4-6-21(15-18)31-3/h4-10,15,17H,11-14,16H2,1-3H3. The Kier molecular flexibility index (Phi) is 7.22. The van der Waals surface area contributed by atoms with E-state index in [0.717, 1.165) is 41.6 Å². The van der Waals surface area contributed by atoms with Crippen molar-refractivity contribution in [3.63, 3.8) is 0 Å². The Balaban J connectivity index is 1.31. The molecule has 2 aromatic carbocycles. The van der Waals surface area contributed by atoms with Crippen LogP contribution in [-0.2, 0) is 11.3 Å². The third kappa shape index (κ3) is 5.85. The third-order valence-electron chi connectivity index (χ3n) is 5.64. The van der Waals surface area contributed by atoms with Gasteiger partial charge in [0.1, 0.15) is 16.5 Å². The zero-order chi connectivity index (χ0) is 23.4. The van der Waals surface area contributed by atoms with Gasteiger partial charge in [-0.2, -0.15) is 0 Å². The normalized spacial score (nSPS) is 14.8. The minimum Gasteiger partial charge on any atom is -0.497 e. The van der Waals surface area contributed by atoms with Crippen molar-refractivity contribution in [2.75, 3.05) is 33.3 Å². The first-order valence-corrected chi connectivity index (χ1v) is 12.1. The zero-order valence-electron chi connectivity index (χ0n) is 19.1. The molecule has 2 heterocycles. The van der Waals surface area contributed by atoms with Crippen LogP contribution in [0.25, 0.3) is 11.3 Å². The Morgan fingerprint density at radius 3 is 2.52 bits per heavy atom. The van der Waals surface area contributed by atoms with E-state index in [1.165, 1.54) is 0 Å². The number of carbonyl (C=O) groups excluding carboxylic acids is 1. The predicted octanol–water partition coefficient (Wildman–Crippen LogP) is 4.97. The van der Waals surface area contributed by atoms with Gasteiger partial charge in [-0.25, -0.2) is 4.98 Å². The highest BCUT2D eigenvalue weighted by Gasteiger charge is 2.35. The molecule has 0 atom stereocenters. The Morgan fingerprint density at radius 1 is 1.09 bits per heavy atom. The number of carbonyl (C=O) groups is 1. The monoisotopic (exact) mass is 485 g/mol. The largest absolute Gasteiger partial charge is 0.497 e. The van der Waals surface area contributed by atoms with Crippen molar-refractivity contribution in [1.29, 1.82) is 0 Å². The Hall–Kier alpha value is -2.61. The number of ether oxygens (including phenoxy) is 2. The zero-order valence-corrected chi connectivity index (χ0v) is 20.7. The number of benzene rings is 2. The molecule has 0 spiro atoms. The van der Waals surface area contributed by atoms with E-state index in [4.69, 9.17) is 26.1 Å². The van der Waals surface area contributed by atoms with Crippen LogP contribution in [0.15, 0.2) is 53.9 Å². The summed E-state index contributed by atoms with van der Waals surface area (Å²) < 4.78 is 11.3. The van der Waals surface area contributed by atoms with Gasteiger partial charge in [-0.3, -0.25) is 9.69 Å². The fourth-order valence-corrected chi connectivity index (χ4v) is 4.79. The van der Waals surface area contributed by atoms with Crippen molar-refractivity contribution in [1.82, 2.24) is 14.8 Å². The molecule has 3 aromatic rings. The van der Waals surface area contributed by atoms with Gasteiger partial charge < -0.3 is 14.4 Å². The lowest BCUT2D eigenvalue weighted by Gasteiger charge is -2.38. The minimum atomic E-state index is -0.947. The minimum absolute atomic E-state index is 0.00772. The molecule has 6 nitrogen and oxygen atoms in total. The van der Waals surface area contributed by atoms with Crippen LogP contribution in [0.3, 0.4) is 0 Å². The fraction of sp³-hybridized carbons (Fsp3) is 0.360. The van der Waals surface area contributed by atoms with E-state index in [1.54, 1.807) is 42.7 Å². The van der Waals surface area contributed by atoms with Crippen molar-refractivity contribution in [2.45, 2.75) is 26.0 Å². The molecule has 0 radical (unpaired) electrons. The summed E-state index contributed by atoms with van der Waals surface area (Å²) in [7, 11) is 1.67. The van der Waals surface area contributed by atoms with Gasteiger partial charge in [-0.15, -0.1) is 11.3 Å². The topological polar surface area (TPSA) is 54.9 Å². The van der Waals surface area contributed by atoms with Crippen LogP contribution in [0.1, 0.15) is 18.9 Å². The number of thiazole rings is 1. The van der Waals surface area contributed by atoms with E-state index in [1.807, 2.05) is 43.0 Å². The summed E-state index contributed by atoms with van der Waals surface area (Å²) in [6.45, 7) is 7.34. The molecule has 0 unspecified atom stereocenters. The van der Waals surface area contributed by atoms with E-state index in [2.05, 4.69) is 10.3 Å².